The van der Waals surface area contributed by atoms with Crippen molar-refractivity contribution in [3.8, 4) is 0 Å². The van der Waals surface area contributed by atoms with Crippen LogP contribution in [0.15, 0.2) is 0 Å². The number of carbonyl (C=O) groups is 2. The van der Waals surface area contributed by atoms with Crippen LogP contribution in [0.5, 0.6) is 0 Å². The van der Waals surface area contributed by atoms with Crippen LogP contribution >= 0.6 is 0 Å². The van der Waals surface area contributed by atoms with Gasteiger partial charge in [-0.3, -0.25) is 14.5 Å². The Bertz CT molecular complexity index is 265. The number of carboxylic acids is 1. The Hall–Kier alpha value is -1.10. The summed E-state index contributed by atoms with van der Waals surface area (Å²) in [6.07, 6.45) is 0. The van der Waals surface area contributed by atoms with Crippen LogP contribution in [0.3, 0.4) is 0 Å². The highest BCUT2D eigenvalue weighted by molar-refractivity contribution is 5.80. The van der Waals surface area contributed by atoms with E-state index in [1.54, 1.807) is 16.8 Å². The topological polar surface area (TPSA) is 60.9 Å². The van der Waals surface area contributed by atoms with Crippen LogP contribution in [0.2, 0.25) is 0 Å². The van der Waals surface area contributed by atoms with E-state index in [2.05, 4.69) is 0 Å². The van der Waals surface area contributed by atoms with Crippen molar-refractivity contribution in [2.24, 2.45) is 5.92 Å². The van der Waals surface area contributed by atoms with Gasteiger partial charge in [0.2, 0.25) is 5.91 Å². The second-order valence-corrected chi connectivity index (χ2v) is 4.38. The molecule has 86 valence electrons. The first kappa shape index (κ1) is 12.0. The van der Waals surface area contributed by atoms with E-state index < -0.39 is 5.97 Å². The van der Waals surface area contributed by atoms with Gasteiger partial charge in [-0.25, -0.2) is 0 Å². The molecule has 1 rings (SSSR count). The molecule has 0 radical (unpaired) electrons. The van der Waals surface area contributed by atoms with Gasteiger partial charge >= 0.3 is 5.97 Å². The van der Waals surface area contributed by atoms with Gasteiger partial charge in [0.15, 0.2) is 0 Å². The van der Waals surface area contributed by atoms with Crippen LogP contribution in [0.25, 0.3) is 0 Å². The Balaban J connectivity index is 2.66. The highest BCUT2D eigenvalue weighted by Gasteiger charge is 2.32. The zero-order chi connectivity index (χ0) is 11.6. The zero-order valence-corrected chi connectivity index (χ0v) is 9.43. The molecule has 0 saturated carbocycles. The number of aliphatic carboxylic acids is 1. The van der Waals surface area contributed by atoms with Crippen molar-refractivity contribution in [3.63, 3.8) is 0 Å². The minimum atomic E-state index is -0.880. The molecule has 5 nitrogen and oxygen atoms in total. The van der Waals surface area contributed by atoms with Crippen LogP contribution in [0.1, 0.15) is 13.8 Å². The number of carboxylic acid groups (broad SMARTS) is 1. The minimum Gasteiger partial charge on any atom is -0.480 e. The molecule has 0 bridgehead atoms. The molecule has 1 fully saturated rings. The van der Waals surface area contributed by atoms with Gasteiger partial charge in [0.25, 0.3) is 0 Å². The predicted octanol–water partition coefficient (Wildman–Crippen LogP) is -0.130. The van der Waals surface area contributed by atoms with E-state index >= 15 is 0 Å². The van der Waals surface area contributed by atoms with E-state index in [0.29, 0.717) is 12.5 Å². The molecule has 1 N–H and O–H groups in total. The quantitative estimate of drug-likeness (QED) is 0.711. The van der Waals surface area contributed by atoms with Crippen molar-refractivity contribution in [1.82, 2.24) is 9.80 Å². The summed E-state index contributed by atoms with van der Waals surface area (Å²) in [5, 5.41) is 8.68. The Morgan fingerprint density at radius 1 is 1.60 bits per heavy atom. The van der Waals surface area contributed by atoms with E-state index in [0.717, 1.165) is 0 Å². The van der Waals surface area contributed by atoms with Crippen molar-refractivity contribution in [1.29, 1.82) is 0 Å². The van der Waals surface area contributed by atoms with Gasteiger partial charge in [-0.2, -0.15) is 0 Å². The van der Waals surface area contributed by atoms with E-state index in [-0.39, 0.29) is 25.0 Å². The third-order valence-corrected chi connectivity index (χ3v) is 2.82. The highest BCUT2D eigenvalue weighted by atomic mass is 16.4. The first-order chi connectivity index (χ1) is 6.91. The monoisotopic (exact) mass is 214 g/mol. The second-order valence-electron chi connectivity index (χ2n) is 4.38. The van der Waals surface area contributed by atoms with Gasteiger partial charge in [-0.1, -0.05) is 13.8 Å². The minimum absolute atomic E-state index is 0.00111. The number of hydrogen-bond acceptors (Lipinski definition) is 3. The standard InChI is InChI=1S/C10H18N2O3/c1-7(2)8-4-12(6-10(14)15)5-9(13)11(8)3/h7-8H,4-6H2,1-3H3,(H,14,15). The summed E-state index contributed by atoms with van der Waals surface area (Å²) < 4.78 is 0. The van der Waals surface area contributed by atoms with Crippen LogP contribution in [0, 0.1) is 5.92 Å². The Kier molecular flexibility index (Phi) is 3.68. The van der Waals surface area contributed by atoms with Gasteiger partial charge in [0, 0.05) is 19.6 Å². The molecule has 1 aliphatic rings. The number of carbonyl (C=O) groups excluding carboxylic acids is 1. The summed E-state index contributed by atoms with van der Waals surface area (Å²) in [7, 11) is 1.78. The van der Waals surface area contributed by atoms with Crippen LogP contribution in [-0.2, 0) is 9.59 Å². The highest BCUT2D eigenvalue weighted by Crippen LogP contribution is 2.15. The third kappa shape index (κ3) is 2.92. The summed E-state index contributed by atoms with van der Waals surface area (Å²) in [5.74, 6) is -0.536. The maximum Gasteiger partial charge on any atom is 0.317 e. The van der Waals surface area contributed by atoms with Crippen molar-refractivity contribution in [2.45, 2.75) is 19.9 Å². The van der Waals surface area contributed by atoms with Gasteiger partial charge in [0.1, 0.15) is 0 Å². The molecule has 15 heavy (non-hydrogen) atoms. The van der Waals surface area contributed by atoms with Crippen LogP contribution in [-0.4, -0.2) is 59.5 Å². The molecular weight excluding hydrogens is 196 g/mol. The summed E-state index contributed by atoms with van der Waals surface area (Å²) in [4.78, 5) is 25.6. The molecule has 1 unspecified atom stereocenters. The number of nitrogens with zero attached hydrogens (tertiary/aromatic N) is 2. The summed E-state index contributed by atoms with van der Waals surface area (Å²) in [6.45, 7) is 4.89. The van der Waals surface area contributed by atoms with Crippen molar-refractivity contribution >= 4 is 11.9 Å². The molecule has 1 saturated heterocycles. The molecule has 0 aliphatic carbocycles. The lowest BCUT2D eigenvalue weighted by Crippen LogP contribution is -2.57. The van der Waals surface area contributed by atoms with E-state index in [4.69, 9.17) is 5.11 Å². The molecule has 0 aromatic rings. The fourth-order valence-corrected chi connectivity index (χ4v) is 1.91. The van der Waals surface area contributed by atoms with Gasteiger partial charge in [-0.05, 0) is 5.92 Å². The predicted molar refractivity (Wildman–Crippen MR) is 55.5 cm³/mol. The number of hydrogen-bond donors (Lipinski definition) is 1. The smallest absolute Gasteiger partial charge is 0.317 e. The molecular formula is C10H18N2O3. The summed E-state index contributed by atoms with van der Waals surface area (Å²) in [6, 6.07) is 0.116. The first-order valence-corrected chi connectivity index (χ1v) is 5.11. The second kappa shape index (κ2) is 4.61. The SMILES string of the molecule is CC(C)C1CN(CC(=O)O)CC(=O)N1C. The molecule has 1 atom stereocenters. The average molecular weight is 214 g/mol. The molecule has 0 aromatic carbocycles. The average Bonchev–Trinajstić information content (AvgIpc) is 2.09. The summed E-state index contributed by atoms with van der Waals surface area (Å²) in [5.41, 5.74) is 0. The molecule has 1 amide bonds. The van der Waals surface area contributed by atoms with Gasteiger partial charge < -0.3 is 10.0 Å². The lowest BCUT2D eigenvalue weighted by molar-refractivity contribution is -0.144. The Morgan fingerprint density at radius 2 is 2.20 bits per heavy atom. The molecule has 0 spiro atoms. The zero-order valence-electron chi connectivity index (χ0n) is 9.43. The lowest BCUT2D eigenvalue weighted by Gasteiger charge is -2.40. The third-order valence-electron chi connectivity index (χ3n) is 2.82. The fourth-order valence-electron chi connectivity index (χ4n) is 1.91. The molecule has 1 heterocycles. The van der Waals surface area contributed by atoms with Crippen molar-refractivity contribution in [3.05, 3.63) is 0 Å². The van der Waals surface area contributed by atoms with Gasteiger partial charge in [-0.15, -0.1) is 0 Å². The molecule has 1 aliphatic heterocycles. The van der Waals surface area contributed by atoms with Crippen molar-refractivity contribution < 1.29 is 14.7 Å². The normalized spacial score (nSPS) is 23.6. The largest absolute Gasteiger partial charge is 0.480 e. The van der Waals surface area contributed by atoms with E-state index in [9.17, 15) is 9.59 Å². The Morgan fingerprint density at radius 3 is 2.67 bits per heavy atom. The molecule has 0 aromatic heterocycles. The van der Waals surface area contributed by atoms with Crippen LogP contribution in [0.4, 0.5) is 0 Å². The van der Waals surface area contributed by atoms with E-state index in [1.807, 2.05) is 13.8 Å². The number of amides is 1. The fraction of sp³-hybridized carbons (Fsp3) is 0.800. The maximum atomic E-state index is 11.6. The molecule has 5 heteroatoms. The van der Waals surface area contributed by atoms with Gasteiger partial charge in [0.05, 0.1) is 13.1 Å². The first-order valence-electron chi connectivity index (χ1n) is 5.11. The summed E-state index contributed by atoms with van der Waals surface area (Å²) >= 11 is 0. The van der Waals surface area contributed by atoms with Crippen molar-refractivity contribution in [2.75, 3.05) is 26.7 Å². The number of piperazine rings is 1. The number of likely N-dealkylation sites (N-methyl/N-ethyl adjacent to an activating group) is 1. The number of rotatable bonds is 3. The van der Waals surface area contributed by atoms with E-state index in [1.165, 1.54) is 0 Å². The lowest BCUT2D eigenvalue weighted by atomic mass is 10.00. The maximum absolute atomic E-state index is 11.6. The van der Waals surface area contributed by atoms with Crippen LogP contribution < -0.4 is 0 Å². The Labute approximate surface area is 89.7 Å².